The second-order valence-electron chi connectivity index (χ2n) is 22.0. The molecule has 74 heavy (non-hydrogen) atoms. The van der Waals surface area contributed by atoms with E-state index in [1.807, 2.05) is 39.3 Å². The number of ketones is 1. The van der Waals surface area contributed by atoms with Crippen molar-refractivity contribution >= 4 is 68.1 Å². The van der Waals surface area contributed by atoms with Crippen molar-refractivity contribution in [3.8, 4) is 0 Å². The van der Waals surface area contributed by atoms with Gasteiger partial charge in [-0.05, 0) is 142 Å². The van der Waals surface area contributed by atoms with Gasteiger partial charge in [-0.25, -0.2) is 4.79 Å². The smallest absolute Gasteiger partial charge is 0.338 e. The van der Waals surface area contributed by atoms with Crippen LogP contribution in [0.4, 0.5) is 0 Å². The summed E-state index contributed by atoms with van der Waals surface area (Å²) in [4.78, 5) is 35.0. The number of nitrogens with one attached hydrogen (secondary N) is 1. The van der Waals surface area contributed by atoms with Crippen molar-refractivity contribution in [2.24, 2.45) is 11.5 Å². The van der Waals surface area contributed by atoms with Gasteiger partial charge in [0.1, 0.15) is 54.9 Å². The highest BCUT2D eigenvalue weighted by Gasteiger charge is 2.44. The molecule has 25 nitrogen and oxygen atoms in total. The van der Waals surface area contributed by atoms with Crippen LogP contribution in [-0.2, 0) is 35.6 Å². The van der Waals surface area contributed by atoms with E-state index in [4.69, 9.17) is 58.6 Å². The highest BCUT2D eigenvalue weighted by molar-refractivity contribution is 6.88. The molecule has 31 heteroatoms. The van der Waals surface area contributed by atoms with Crippen LogP contribution in [0.5, 0.6) is 0 Å². The van der Waals surface area contributed by atoms with E-state index in [2.05, 4.69) is 49.3 Å². The van der Waals surface area contributed by atoms with Gasteiger partial charge in [0, 0.05) is 13.0 Å². The molecule has 1 fully saturated rings. The monoisotopic (exact) mass is 1180 g/mol. The van der Waals surface area contributed by atoms with Gasteiger partial charge in [0.05, 0.1) is 19.8 Å². The third kappa shape index (κ3) is 30.5. The Kier molecular flexibility index (Phi) is 35.5. The minimum atomic E-state index is -2.58. The molecule has 0 aromatic rings. The average molecular weight is 1180 g/mol. The van der Waals surface area contributed by atoms with E-state index in [0.717, 1.165) is 38.0 Å². The van der Waals surface area contributed by atoms with Crippen LogP contribution in [0.2, 0.25) is 103 Å². The van der Waals surface area contributed by atoms with Crippen molar-refractivity contribution in [2.75, 3.05) is 39.5 Å². The Bertz CT molecular complexity index is 1510. The molecular weight excluding hydrogens is 1080 g/mol. The number of ether oxygens (including phenoxy) is 1. The highest BCUT2D eigenvalue weighted by atomic mass is 28.5. The molecule has 1 heterocycles. The van der Waals surface area contributed by atoms with Crippen LogP contribution >= 0.6 is 0 Å². The maximum atomic E-state index is 12.2. The zero-order chi connectivity index (χ0) is 58.2. The van der Waals surface area contributed by atoms with Crippen molar-refractivity contribution in [1.82, 2.24) is 5.32 Å². The Morgan fingerprint density at radius 2 is 0.919 bits per heavy atom. The summed E-state index contributed by atoms with van der Waals surface area (Å²) in [6, 6.07) is 3.60. The number of aliphatic hydroxyl groups excluding tert-OH is 14. The number of carbonyl (C=O) groups excluding carboxylic acids is 3. The van der Waals surface area contributed by atoms with Crippen LogP contribution in [0.25, 0.3) is 0 Å². The molecule has 1 amide bonds. The molecule has 1 aliphatic rings. The van der Waals surface area contributed by atoms with Crippen LogP contribution in [0.15, 0.2) is 0 Å². The molecule has 1 aliphatic heterocycles. The standard InChI is InChI=1S/C25H55NO14Si3.C12H34N2O2Si3.C6H10O6/c1-41(2,12-8-7-10-16(29)19(32)22(35)20(33)17(30)14-27)39-43(5,6)40-42(3,4)13-9-11-26-25(38)24(37)23(36)21(34)18(31)15-28;1-17(2,11-7-9-13)15-19(5,6)16-18(3,4)12-8-10-14;7-1-2-3(8)4(9)5(10)6(11)12-2/h17-24,27-28,30-37H,7-15H2,1-6H3,(H,26,38);7-14H2,1-6H3;2-5,7-10H,1H2/t;;2-,3-,4+,5-/m..1/s1. The maximum absolute atomic E-state index is 12.2. The summed E-state index contributed by atoms with van der Waals surface area (Å²) in [6.07, 6.45) is -17.2. The summed E-state index contributed by atoms with van der Waals surface area (Å²) in [5.41, 5.74) is 11.2. The number of aliphatic hydroxyl groups is 14. The largest absolute Gasteiger partial charge is 0.455 e. The number of hydrogen-bond acceptors (Lipinski definition) is 24. The number of esters is 1. The molecule has 12 atom stereocenters. The van der Waals surface area contributed by atoms with E-state index in [9.17, 15) is 55.2 Å². The van der Waals surface area contributed by atoms with E-state index in [1.54, 1.807) is 0 Å². The van der Waals surface area contributed by atoms with Crippen molar-refractivity contribution in [1.29, 1.82) is 0 Å². The molecule has 1 saturated heterocycles. The number of nitrogens with two attached hydrogens (primary N) is 2. The summed E-state index contributed by atoms with van der Waals surface area (Å²) in [7, 11) is -12.4. The van der Waals surface area contributed by atoms with E-state index in [1.165, 1.54) is 0 Å². The fourth-order valence-corrected chi connectivity index (χ4v) is 36.4. The Labute approximate surface area is 444 Å². The lowest BCUT2D eigenvalue weighted by Crippen LogP contribution is -2.56. The van der Waals surface area contributed by atoms with Gasteiger partial charge in [-0.2, -0.15) is 0 Å². The number of carbonyl (C=O) groups is 3. The van der Waals surface area contributed by atoms with Gasteiger partial charge in [0.25, 0.3) is 5.91 Å². The van der Waals surface area contributed by atoms with Crippen molar-refractivity contribution < 1.29 is 107 Å². The number of Topliss-reactive ketones (excluding diaryl/α,β-unsaturated/α-hetero) is 1. The molecule has 0 radical (unpaired) electrons. The van der Waals surface area contributed by atoms with Crippen molar-refractivity contribution in [3.05, 3.63) is 0 Å². The topological polar surface area (TPSA) is 445 Å². The molecule has 442 valence electrons. The van der Waals surface area contributed by atoms with Crippen molar-refractivity contribution in [2.45, 2.75) is 215 Å². The second-order valence-corrected chi connectivity index (χ2v) is 47.0. The number of unbranched alkanes of at least 4 members (excludes halogenated alkanes) is 1. The first-order chi connectivity index (χ1) is 33.7. The number of rotatable bonds is 34. The summed E-state index contributed by atoms with van der Waals surface area (Å²) < 4.78 is 30.3. The van der Waals surface area contributed by atoms with Crippen LogP contribution in [-0.4, -0.2) is 252 Å². The van der Waals surface area contributed by atoms with Gasteiger partial charge in [-0.1, -0.05) is 6.42 Å². The minimum Gasteiger partial charge on any atom is -0.455 e. The normalized spacial score (nSPS) is 21.3. The molecule has 0 aromatic heterocycles. The SMILES string of the molecule is C[Si](C)(CCCCC(=O)C(O)C(O)C(O)C(O)CO)O[Si](C)(C)O[Si](C)(C)CCCNC(=O)C(O)C(O)C(O)C(O)CO.C[Si](C)(CCCN)O[Si](C)(C)O[Si](C)(C)CCCN.O=C1O[C@H](CO)[C@@H](O)[C@H](O)[C@H]1O. The average Bonchev–Trinajstić information content (AvgIpc) is 3.29. The molecule has 0 bridgehead atoms. The number of hydrogen-bond donors (Lipinski definition) is 17. The lowest BCUT2D eigenvalue weighted by molar-refractivity contribution is -0.206. The van der Waals surface area contributed by atoms with E-state index in [0.29, 0.717) is 31.4 Å². The molecule has 19 N–H and O–H groups in total. The van der Waals surface area contributed by atoms with Crippen LogP contribution < -0.4 is 16.8 Å². The van der Waals surface area contributed by atoms with Gasteiger partial charge >= 0.3 is 23.1 Å². The third-order valence-corrected chi connectivity index (χ3v) is 34.5. The van der Waals surface area contributed by atoms with Gasteiger partial charge in [0.15, 0.2) is 57.4 Å². The molecule has 0 aromatic carbocycles. The number of amides is 1. The molecular formula is C43H99N3O22Si6. The zero-order valence-corrected chi connectivity index (χ0v) is 51.9. The van der Waals surface area contributed by atoms with E-state index >= 15 is 0 Å². The van der Waals surface area contributed by atoms with Crippen LogP contribution in [0.3, 0.4) is 0 Å². The fourth-order valence-electron chi connectivity index (χ4n) is 8.16. The van der Waals surface area contributed by atoms with E-state index in [-0.39, 0.29) is 13.0 Å². The summed E-state index contributed by atoms with van der Waals surface area (Å²) >= 11 is 0. The Morgan fingerprint density at radius 1 is 0.554 bits per heavy atom. The molecule has 0 spiro atoms. The first-order valence-corrected chi connectivity index (χ1v) is 43.3. The second kappa shape index (κ2) is 35.0. The first kappa shape index (κ1) is 75.2. The molecule has 8 unspecified atom stereocenters. The molecule has 1 rings (SSSR count). The molecule has 0 aliphatic carbocycles. The van der Waals surface area contributed by atoms with Gasteiger partial charge in [-0.15, -0.1) is 0 Å². The lowest BCUT2D eigenvalue weighted by Gasteiger charge is -2.39. The van der Waals surface area contributed by atoms with Gasteiger partial charge < -0.3 is 109 Å². The fraction of sp³-hybridized carbons (Fsp3) is 0.930. The predicted octanol–water partition coefficient (Wildman–Crippen LogP) is -2.93. The lowest BCUT2D eigenvalue weighted by atomic mass is 9.98. The van der Waals surface area contributed by atoms with Crippen LogP contribution in [0, 0.1) is 0 Å². The van der Waals surface area contributed by atoms with Gasteiger partial charge in [0.2, 0.25) is 0 Å². The first-order valence-electron chi connectivity index (χ1n) is 25.3. The minimum absolute atomic E-state index is 0.0420. The Balaban J connectivity index is 0. The maximum Gasteiger partial charge on any atom is 0.338 e. The van der Waals surface area contributed by atoms with Gasteiger partial charge in [-0.3, -0.25) is 9.59 Å². The summed E-state index contributed by atoms with van der Waals surface area (Å²) in [5.74, 6) is -2.64. The predicted molar refractivity (Wildman–Crippen MR) is 289 cm³/mol. The van der Waals surface area contributed by atoms with Crippen molar-refractivity contribution in [3.63, 3.8) is 0 Å². The third-order valence-electron chi connectivity index (χ3n) is 11.6. The molecule has 0 saturated carbocycles. The Morgan fingerprint density at radius 3 is 1.28 bits per heavy atom. The van der Waals surface area contributed by atoms with E-state index < -0.39 is 161 Å². The summed E-state index contributed by atoms with van der Waals surface area (Å²) in [6.45, 7) is 24.9. The van der Waals surface area contributed by atoms with Crippen LogP contribution in [0.1, 0.15) is 38.5 Å². The number of cyclic esters (lactones) is 1. The zero-order valence-electron chi connectivity index (χ0n) is 45.9. The summed E-state index contributed by atoms with van der Waals surface area (Å²) in [5, 5.41) is 133. The Hall–Kier alpha value is -0.889. The quantitative estimate of drug-likeness (QED) is 0.0174. The highest BCUT2D eigenvalue weighted by Crippen LogP contribution is 2.28.